The van der Waals surface area contributed by atoms with Gasteiger partial charge < -0.3 is 10.2 Å². The van der Waals surface area contributed by atoms with Crippen molar-refractivity contribution in [1.29, 1.82) is 0 Å². The van der Waals surface area contributed by atoms with Gasteiger partial charge in [-0.3, -0.25) is 9.59 Å². The molecule has 1 aliphatic carbocycles. The van der Waals surface area contributed by atoms with Crippen LogP contribution in [0.4, 0.5) is 0 Å². The third kappa shape index (κ3) is 4.63. The Balaban J connectivity index is 1.32. The topological polar surface area (TPSA) is 88.1 Å². The van der Waals surface area contributed by atoms with Crippen molar-refractivity contribution in [3.05, 3.63) is 29.0 Å². The number of likely N-dealkylation sites (tertiary alicyclic amines) is 1. The highest BCUT2D eigenvalue weighted by molar-refractivity contribution is 7.17. The molecule has 0 unspecified atom stereocenters. The zero-order valence-electron chi connectivity index (χ0n) is 16.8. The Morgan fingerprint density at radius 2 is 1.76 bits per heavy atom. The van der Waals surface area contributed by atoms with E-state index < -0.39 is 0 Å². The van der Waals surface area contributed by atoms with Gasteiger partial charge in [-0.25, -0.2) is 15.0 Å². The molecule has 1 aliphatic heterocycles. The van der Waals surface area contributed by atoms with Crippen LogP contribution in [0.5, 0.6) is 0 Å². The van der Waals surface area contributed by atoms with E-state index in [9.17, 15) is 9.59 Å². The van der Waals surface area contributed by atoms with Gasteiger partial charge >= 0.3 is 0 Å². The van der Waals surface area contributed by atoms with E-state index in [-0.39, 0.29) is 17.9 Å². The standard InChI is InChI=1S/C21H27N5O2S/c1-14-17(29-20(24-14)18-22-10-5-11-23-18)19(27)25-16-8-12-26(13-9-16)21(28)15-6-3-2-4-7-15/h5,10-11,15-16H,2-4,6-9,12-13H2,1H3,(H,25,27). The summed E-state index contributed by atoms with van der Waals surface area (Å²) >= 11 is 1.32. The fourth-order valence-electron chi connectivity index (χ4n) is 4.22. The smallest absolute Gasteiger partial charge is 0.263 e. The molecular formula is C21H27N5O2S. The van der Waals surface area contributed by atoms with Crippen LogP contribution in [-0.2, 0) is 4.79 Å². The molecule has 7 nitrogen and oxygen atoms in total. The van der Waals surface area contributed by atoms with Gasteiger partial charge in [0.25, 0.3) is 5.91 Å². The number of hydrogen-bond donors (Lipinski definition) is 1. The molecule has 154 valence electrons. The number of nitrogens with zero attached hydrogens (tertiary/aromatic N) is 4. The minimum Gasteiger partial charge on any atom is -0.348 e. The van der Waals surface area contributed by atoms with Crippen LogP contribution in [0.25, 0.3) is 10.8 Å². The average molecular weight is 414 g/mol. The lowest BCUT2D eigenvalue weighted by molar-refractivity contribution is -0.137. The molecule has 2 aromatic rings. The summed E-state index contributed by atoms with van der Waals surface area (Å²) in [6, 6.07) is 1.85. The zero-order chi connectivity index (χ0) is 20.2. The van der Waals surface area contributed by atoms with Gasteiger partial charge in [0.1, 0.15) is 4.88 Å². The molecule has 2 fully saturated rings. The number of amides is 2. The Morgan fingerprint density at radius 1 is 1.07 bits per heavy atom. The van der Waals surface area contributed by atoms with Crippen LogP contribution in [0.1, 0.15) is 60.3 Å². The maximum absolute atomic E-state index is 12.8. The van der Waals surface area contributed by atoms with Gasteiger partial charge in [0.05, 0.1) is 5.69 Å². The molecule has 2 aromatic heterocycles. The Labute approximate surface area is 175 Å². The van der Waals surface area contributed by atoms with E-state index in [4.69, 9.17) is 0 Å². The lowest BCUT2D eigenvalue weighted by atomic mass is 9.87. The molecule has 2 amide bonds. The molecule has 29 heavy (non-hydrogen) atoms. The van der Waals surface area contributed by atoms with Crippen molar-refractivity contribution in [2.45, 2.75) is 57.9 Å². The maximum Gasteiger partial charge on any atom is 0.263 e. The SMILES string of the molecule is Cc1nc(-c2ncccn2)sc1C(=O)NC1CCN(C(=O)C2CCCCC2)CC1. The van der Waals surface area contributed by atoms with E-state index in [0.717, 1.165) is 38.8 Å². The third-order valence-electron chi connectivity index (χ3n) is 5.86. The molecule has 4 rings (SSSR count). The molecule has 1 saturated carbocycles. The first-order valence-electron chi connectivity index (χ1n) is 10.5. The monoisotopic (exact) mass is 413 g/mol. The number of aromatic nitrogens is 3. The number of aryl methyl sites for hydroxylation is 1. The Morgan fingerprint density at radius 3 is 2.45 bits per heavy atom. The maximum atomic E-state index is 12.8. The summed E-state index contributed by atoms with van der Waals surface area (Å²) in [5.74, 6) is 0.974. The second-order valence-electron chi connectivity index (χ2n) is 7.91. The molecule has 0 radical (unpaired) electrons. The molecule has 8 heteroatoms. The van der Waals surface area contributed by atoms with Gasteiger partial charge in [-0.2, -0.15) is 0 Å². The molecule has 3 heterocycles. The molecule has 0 bridgehead atoms. The summed E-state index contributed by atoms with van der Waals surface area (Å²) in [7, 11) is 0. The van der Waals surface area contributed by atoms with E-state index >= 15 is 0 Å². The first kappa shape index (κ1) is 19.9. The Hall–Kier alpha value is -2.35. The van der Waals surface area contributed by atoms with E-state index in [1.807, 2.05) is 11.8 Å². The molecule has 1 saturated heterocycles. The highest BCUT2D eigenvalue weighted by atomic mass is 32.1. The number of hydrogen-bond acceptors (Lipinski definition) is 6. The van der Waals surface area contributed by atoms with Crippen molar-refractivity contribution < 1.29 is 9.59 Å². The predicted molar refractivity (Wildman–Crippen MR) is 112 cm³/mol. The largest absolute Gasteiger partial charge is 0.348 e. The number of thiazole rings is 1. The fraction of sp³-hybridized carbons (Fsp3) is 0.571. The molecule has 0 aromatic carbocycles. The van der Waals surface area contributed by atoms with Crippen molar-refractivity contribution in [2.24, 2.45) is 5.92 Å². The minimum absolute atomic E-state index is 0.0934. The van der Waals surface area contributed by atoms with Gasteiger partial charge in [0.2, 0.25) is 5.91 Å². The normalized spacial score (nSPS) is 18.6. The first-order valence-corrected chi connectivity index (χ1v) is 11.3. The summed E-state index contributed by atoms with van der Waals surface area (Å²) in [4.78, 5) is 41.0. The summed E-state index contributed by atoms with van der Waals surface area (Å²) in [5.41, 5.74) is 0.694. The van der Waals surface area contributed by atoms with Crippen molar-refractivity contribution in [1.82, 2.24) is 25.2 Å². The van der Waals surface area contributed by atoms with Crippen LogP contribution in [0.15, 0.2) is 18.5 Å². The predicted octanol–water partition coefficient (Wildman–Crippen LogP) is 3.21. The van der Waals surface area contributed by atoms with Gasteiger partial charge in [-0.05, 0) is 38.7 Å². The number of piperidine rings is 1. The highest BCUT2D eigenvalue weighted by Gasteiger charge is 2.30. The molecular weight excluding hydrogens is 386 g/mol. The van der Waals surface area contributed by atoms with Crippen LogP contribution in [0, 0.1) is 12.8 Å². The van der Waals surface area contributed by atoms with Crippen molar-refractivity contribution >= 4 is 23.2 Å². The van der Waals surface area contributed by atoms with Gasteiger partial charge in [0.15, 0.2) is 10.8 Å². The van der Waals surface area contributed by atoms with E-state index in [1.165, 1.54) is 30.6 Å². The van der Waals surface area contributed by atoms with Crippen molar-refractivity contribution in [3.63, 3.8) is 0 Å². The fourth-order valence-corrected chi connectivity index (χ4v) is 5.13. The molecule has 0 spiro atoms. The summed E-state index contributed by atoms with van der Waals surface area (Å²) in [6.07, 6.45) is 10.6. The second kappa shape index (κ2) is 8.98. The number of rotatable bonds is 4. The number of carbonyl (C=O) groups is 2. The Bertz CT molecular complexity index is 855. The summed E-state index contributed by atoms with van der Waals surface area (Å²) in [5, 5.41) is 3.79. The molecule has 1 N–H and O–H groups in total. The van der Waals surface area contributed by atoms with E-state index in [1.54, 1.807) is 18.5 Å². The minimum atomic E-state index is -0.0979. The third-order valence-corrected chi connectivity index (χ3v) is 7.01. The number of nitrogens with one attached hydrogen (secondary N) is 1. The van der Waals surface area contributed by atoms with Crippen LogP contribution in [0.3, 0.4) is 0 Å². The lowest BCUT2D eigenvalue weighted by Crippen LogP contribution is -2.48. The quantitative estimate of drug-likeness (QED) is 0.831. The van der Waals surface area contributed by atoms with Gasteiger partial charge in [-0.1, -0.05) is 19.3 Å². The van der Waals surface area contributed by atoms with Crippen molar-refractivity contribution in [2.75, 3.05) is 13.1 Å². The molecule has 2 aliphatic rings. The summed E-state index contributed by atoms with van der Waals surface area (Å²) < 4.78 is 0. The van der Waals surface area contributed by atoms with E-state index in [0.29, 0.717) is 27.3 Å². The van der Waals surface area contributed by atoms with Crippen LogP contribution >= 0.6 is 11.3 Å². The Kier molecular flexibility index (Phi) is 6.18. The molecule has 0 atom stereocenters. The average Bonchev–Trinajstić information content (AvgIpc) is 3.17. The second-order valence-corrected chi connectivity index (χ2v) is 8.91. The number of carbonyl (C=O) groups excluding carboxylic acids is 2. The first-order chi connectivity index (χ1) is 14.1. The van der Waals surface area contributed by atoms with E-state index in [2.05, 4.69) is 20.3 Å². The van der Waals surface area contributed by atoms with Crippen molar-refractivity contribution in [3.8, 4) is 10.8 Å². The van der Waals surface area contributed by atoms with Crippen LogP contribution < -0.4 is 5.32 Å². The van der Waals surface area contributed by atoms with Gasteiger partial charge in [0, 0.05) is 37.4 Å². The lowest BCUT2D eigenvalue weighted by Gasteiger charge is -2.35. The highest BCUT2D eigenvalue weighted by Crippen LogP contribution is 2.27. The van der Waals surface area contributed by atoms with Crippen LogP contribution in [-0.4, -0.2) is 50.8 Å². The zero-order valence-corrected chi connectivity index (χ0v) is 17.6. The van der Waals surface area contributed by atoms with Crippen LogP contribution in [0.2, 0.25) is 0 Å². The summed E-state index contributed by atoms with van der Waals surface area (Å²) in [6.45, 7) is 3.29. The van der Waals surface area contributed by atoms with Gasteiger partial charge in [-0.15, -0.1) is 11.3 Å².